The summed E-state index contributed by atoms with van der Waals surface area (Å²) in [6, 6.07) is 19.0. The lowest BCUT2D eigenvalue weighted by molar-refractivity contribution is -0.118. The van der Waals surface area contributed by atoms with Gasteiger partial charge in [0.05, 0.1) is 14.2 Å². The molecule has 9 heteroatoms. The average Bonchev–Trinajstić information content (AvgIpc) is 2.93. The van der Waals surface area contributed by atoms with Gasteiger partial charge in [-0.3, -0.25) is 9.59 Å². The Morgan fingerprint density at radius 2 is 1.74 bits per heavy atom. The molecule has 9 nitrogen and oxygen atoms in total. The van der Waals surface area contributed by atoms with Crippen LogP contribution in [0.3, 0.4) is 0 Å². The molecule has 3 amide bonds. The lowest BCUT2D eigenvalue weighted by atomic mass is 9.83. The summed E-state index contributed by atoms with van der Waals surface area (Å²) in [6.07, 6.45) is 1.28. The molecular weight excluding hydrogens is 484 g/mol. The lowest BCUT2D eigenvalue weighted by Gasteiger charge is -2.43. The molecule has 3 heterocycles. The van der Waals surface area contributed by atoms with Crippen molar-refractivity contribution in [3.63, 3.8) is 0 Å². The van der Waals surface area contributed by atoms with E-state index in [1.165, 1.54) is 7.11 Å². The Morgan fingerprint density at radius 1 is 0.947 bits per heavy atom. The van der Waals surface area contributed by atoms with Gasteiger partial charge in [-0.25, -0.2) is 4.79 Å². The minimum absolute atomic E-state index is 0.00450. The highest BCUT2D eigenvalue weighted by Crippen LogP contribution is 2.35. The van der Waals surface area contributed by atoms with Gasteiger partial charge in [-0.2, -0.15) is 0 Å². The predicted molar refractivity (Wildman–Crippen MR) is 144 cm³/mol. The second-order valence-electron chi connectivity index (χ2n) is 9.85. The third-order valence-electron chi connectivity index (χ3n) is 7.31. The SMILES string of the molecule is COc1ccc(NC(=O)[C@H](Cc2ccccc2)NC(=O)N2C[C@@H]3C[C@@H](C2)c2cccc(=O)n2C3)cc1OC. The summed E-state index contributed by atoms with van der Waals surface area (Å²) in [5, 5.41) is 5.89. The summed E-state index contributed by atoms with van der Waals surface area (Å²) in [6.45, 7) is 1.64. The maximum absolute atomic E-state index is 13.5. The standard InChI is InChI=1S/C29H32N4O5/c1-37-25-12-11-22(15-26(25)38-2)30-28(35)23(14-19-7-4-3-5-8-19)31-29(36)32-16-20-13-21(18-32)24-9-6-10-27(34)33(24)17-20/h3-12,15,20-21,23H,13-14,16-18H2,1-2H3,(H,30,35)(H,31,36)/t20-,21-,23-/m0/s1. The van der Waals surface area contributed by atoms with Gasteiger partial charge in [0.2, 0.25) is 5.91 Å². The summed E-state index contributed by atoms with van der Waals surface area (Å²) >= 11 is 0. The maximum atomic E-state index is 13.5. The van der Waals surface area contributed by atoms with Gasteiger partial charge in [0.15, 0.2) is 11.5 Å². The smallest absolute Gasteiger partial charge is 0.318 e. The molecule has 3 atom stereocenters. The Kier molecular flexibility index (Phi) is 7.35. The third kappa shape index (κ3) is 5.37. The largest absolute Gasteiger partial charge is 0.493 e. The highest BCUT2D eigenvalue weighted by atomic mass is 16.5. The molecule has 2 aromatic carbocycles. The average molecular weight is 517 g/mol. The van der Waals surface area contributed by atoms with Crippen molar-refractivity contribution in [1.82, 2.24) is 14.8 Å². The lowest BCUT2D eigenvalue weighted by Crippen LogP contribution is -2.55. The van der Waals surface area contributed by atoms with Crippen molar-refractivity contribution in [3.8, 4) is 11.5 Å². The number of nitrogens with zero attached hydrogens (tertiary/aromatic N) is 2. The molecule has 1 aromatic heterocycles. The second-order valence-corrected chi connectivity index (χ2v) is 9.85. The van der Waals surface area contributed by atoms with E-state index in [0.29, 0.717) is 43.2 Å². The van der Waals surface area contributed by atoms with Crippen LogP contribution in [0, 0.1) is 5.92 Å². The van der Waals surface area contributed by atoms with Crippen LogP contribution in [0.15, 0.2) is 71.5 Å². The van der Waals surface area contributed by atoms with E-state index in [0.717, 1.165) is 17.7 Å². The number of fused-ring (bicyclic) bond motifs is 4. The zero-order valence-electron chi connectivity index (χ0n) is 21.6. The number of carbonyl (C=O) groups is 2. The Bertz CT molecular complexity index is 1370. The zero-order chi connectivity index (χ0) is 26.6. The molecule has 2 N–H and O–H groups in total. The topological polar surface area (TPSA) is 102 Å². The fraction of sp³-hybridized carbons (Fsp3) is 0.345. The number of nitrogens with one attached hydrogen (secondary N) is 2. The molecule has 0 radical (unpaired) electrons. The van der Waals surface area contributed by atoms with Gasteiger partial charge in [-0.1, -0.05) is 36.4 Å². The molecule has 2 bridgehead atoms. The summed E-state index contributed by atoms with van der Waals surface area (Å²) in [4.78, 5) is 41.0. The molecule has 38 heavy (non-hydrogen) atoms. The van der Waals surface area contributed by atoms with Crippen molar-refractivity contribution in [1.29, 1.82) is 0 Å². The van der Waals surface area contributed by atoms with E-state index in [9.17, 15) is 14.4 Å². The van der Waals surface area contributed by atoms with Crippen LogP contribution in [0.4, 0.5) is 10.5 Å². The second kappa shape index (κ2) is 11.0. The third-order valence-corrected chi connectivity index (χ3v) is 7.31. The van der Waals surface area contributed by atoms with Gasteiger partial charge in [-0.05, 0) is 36.1 Å². The van der Waals surface area contributed by atoms with Crippen molar-refractivity contribution >= 4 is 17.6 Å². The Hall–Kier alpha value is -4.27. The molecule has 1 saturated heterocycles. The molecule has 0 saturated carbocycles. The van der Waals surface area contributed by atoms with Crippen LogP contribution in [0.2, 0.25) is 0 Å². The van der Waals surface area contributed by atoms with Crippen LogP contribution in [0.25, 0.3) is 0 Å². The Balaban J connectivity index is 1.33. The van der Waals surface area contributed by atoms with E-state index in [1.807, 2.05) is 41.0 Å². The van der Waals surface area contributed by atoms with Crippen molar-refractivity contribution in [3.05, 3.63) is 88.3 Å². The molecule has 5 rings (SSSR count). The number of likely N-dealkylation sites (tertiary alicyclic amines) is 1. The van der Waals surface area contributed by atoms with Crippen LogP contribution in [0.5, 0.6) is 11.5 Å². The molecule has 198 valence electrons. The van der Waals surface area contributed by atoms with Gasteiger partial charge in [-0.15, -0.1) is 0 Å². The number of aromatic nitrogens is 1. The van der Waals surface area contributed by atoms with Gasteiger partial charge in [0.1, 0.15) is 6.04 Å². The number of rotatable bonds is 7. The first kappa shape index (κ1) is 25.4. The number of hydrogen-bond donors (Lipinski definition) is 2. The van der Waals surface area contributed by atoms with Gasteiger partial charge in [0.25, 0.3) is 5.56 Å². The normalized spacial score (nSPS) is 18.6. The maximum Gasteiger partial charge on any atom is 0.318 e. The van der Waals surface area contributed by atoms with Crippen LogP contribution >= 0.6 is 0 Å². The summed E-state index contributed by atoms with van der Waals surface area (Å²) in [7, 11) is 3.08. The van der Waals surface area contributed by atoms with E-state index in [2.05, 4.69) is 10.6 Å². The van der Waals surface area contributed by atoms with Crippen molar-refractivity contribution in [2.45, 2.75) is 31.3 Å². The van der Waals surface area contributed by atoms with Crippen molar-refractivity contribution in [2.75, 3.05) is 32.6 Å². The molecule has 0 aliphatic carbocycles. The first-order valence-electron chi connectivity index (χ1n) is 12.8. The molecular formula is C29H32N4O5. The first-order valence-corrected chi connectivity index (χ1v) is 12.8. The number of ether oxygens (including phenoxy) is 2. The predicted octanol–water partition coefficient (Wildman–Crippen LogP) is 3.24. The zero-order valence-corrected chi connectivity index (χ0v) is 21.6. The molecule has 2 aliphatic heterocycles. The summed E-state index contributed by atoms with van der Waals surface area (Å²) in [5.74, 6) is 1.01. The number of benzene rings is 2. The van der Waals surface area contributed by atoms with E-state index < -0.39 is 6.04 Å². The first-order chi connectivity index (χ1) is 18.4. The fourth-order valence-electron chi connectivity index (χ4n) is 5.51. The minimum Gasteiger partial charge on any atom is -0.493 e. The molecule has 0 spiro atoms. The van der Waals surface area contributed by atoms with Crippen LogP contribution in [-0.4, -0.2) is 54.8 Å². The van der Waals surface area contributed by atoms with E-state index >= 15 is 0 Å². The number of carbonyl (C=O) groups excluding carboxylic acids is 2. The Morgan fingerprint density at radius 3 is 2.50 bits per heavy atom. The number of methoxy groups -OCH3 is 2. The van der Waals surface area contributed by atoms with E-state index in [-0.39, 0.29) is 29.3 Å². The molecule has 3 aromatic rings. The Labute approximate surface area is 221 Å². The van der Waals surface area contributed by atoms with Crippen LogP contribution in [-0.2, 0) is 17.8 Å². The minimum atomic E-state index is -0.797. The summed E-state index contributed by atoms with van der Waals surface area (Å²) in [5.41, 5.74) is 2.45. The van der Waals surface area contributed by atoms with E-state index in [1.54, 1.807) is 42.3 Å². The quantitative estimate of drug-likeness (QED) is 0.502. The highest BCUT2D eigenvalue weighted by molar-refractivity contribution is 5.97. The number of urea groups is 1. The number of piperidine rings is 1. The number of anilines is 1. The van der Waals surface area contributed by atoms with Crippen molar-refractivity contribution in [2.24, 2.45) is 5.92 Å². The van der Waals surface area contributed by atoms with Crippen LogP contribution < -0.4 is 25.7 Å². The van der Waals surface area contributed by atoms with Crippen molar-refractivity contribution < 1.29 is 19.1 Å². The molecule has 1 fully saturated rings. The molecule has 2 aliphatic rings. The van der Waals surface area contributed by atoms with Crippen LogP contribution in [0.1, 0.15) is 23.6 Å². The van der Waals surface area contributed by atoms with Gasteiger partial charge < -0.3 is 29.6 Å². The highest BCUT2D eigenvalue weighted by Gasteiger charge is 2.37. The monoisotopic (exact) mass is 516 g/mol. The number of hydrogen-bond acceptors (Lipinski definition) is 5. The van der Waals surface area contributed by atoms with Gasteiger partial charge in [0, 0.05) is 55.5 Å². The van der Waals surface area contributed by atoms with E-state index in [4.69, 9.17) is 9.47 Å². The summed E-state index contributed by atoms with van der Waals surface area (Å²) < 4.78 is 12.5. The van der Waals surface area contributed by atoms with Gasteiger partial charge >= 0.3 is 6.03 Å². The molecule has 0 unspecified atom stereocenters. The fourth-order valence-corrected chi connectivity index (χ4v) is 5.51. The number of pyridine rings is 1. The number of amides is 3.